The first-order chi connectivity index (χ1) is 9.71. The molecule has 0 fully saturated rings. The molecule has 0 aliphatic carbocycles. The van der Waals surface area contributed by atoms with Gasteiger partial charge in [-0.25, -0.2) is 9.79 Å². The fourth-order valence-corrected chi connectivity index (χ4v) is 2.64. The van der Waals surface area contributed by atoms with E-state index in [1.807, 2.05) is 18.2 Å². The molecular formula is C16H25NO3Si. The maximum atomic E-state index is 10.1. The van der Waals surface area contributed by atoms with Gasteiger partial charge in [0.05, 0.1) is 13.7 Å². The lowest BCUT2D eigenvalue weighted by molar-refractivity contribution is 0.385. The van der Waals surface area contributed by atoms with Crippen molar-refractivity contribution in [2.75, 3.05) is 13.7 Å². The molecule has 0 heterocycles. The molecule has 0 N–H and O–H groups in total. The first-order valence-corrected chi connectivity index (χ1v) is 10.0. The minimum Gasteiger partial charge on any atom is -0.541 e. The molecule has 0 aliphatic rings. The quantitative estimate of drug-likeness (QED) is 0.454. The Labute approximate surface area is 128 Å². The summed E-state index contributed by atoms with van der Waals surface area (Å²) >= 11 is 0. The van der Waals surface area contributed by atoms with Gasteiger partial charge in [-0.05, 0) is 42.2 Å². The molecule has 0 bridgehead atoms. The van der Waals surface area contributed by atoms with Crippen LogP contribution >= 0.6 is 0 Å². The third-order valence-corrected chi connectivity index (χ3v) is 8.32. The fourth-order valence-electron chi connectivity index (χ4n) is 1.61. The van der Waals surface area contributed by atoms with Crippen LogP contribution in [0.1, 0.15) is 26.3 Å². The maximum absolute atomic E-state index is 10.1. The number of aliphatic imine (C=N–C) groups is 1. The van der Waals surface area contributed by atoms with E-state index in [1.165, 1.54) is 0 Å². The fraction of sp³-hybridized carbons (Fsp3) is 0.562. The van der Waals surface area contributed by atoms with Crippen LogP contribution in [-0.2, 0) is 11.2 Å². The number of hydrogen-bond donors (Lipinski definition) is 0. The monoisotopic (exact) mass is 307 g/mol. The van der Waals surface area contributed by atoms with Gasteiger partial charge >= 0.3 is 0 Å². The molecule has 116 valence electrons. The van der Waals surface area contributed by atoms with Crippen molar-refractivity contribution in [3.8, 4) is 11.5 Å². The second kappa shape index (κ2) is 6.92. The molecule has 1 rings (SSSR count). The molecule has 4 nitrogen and oxygen atoms in total. The molecule has 0 saturated carbocycles. The Morgan fingerprint density at radius 1 is 1.24 bits per heavy atom. The Morgan fingerprint density at radius 2 is 1.90 bits per heavy atom. The zero-order valence-corrected chi connectivity index (χ0v) is 14.8. The number of carbonyl (C=O) groups excluding carboxylic acids is 1. The van der Waals surface area contributed by atoms with Crippen LogP contribution in [0.5, 0.6) is 11.5 Å². The number of ether oxygens (including phenoxy) is 1. The molecule has 0 amide bonds. The van der Waals surface area contributed by atoms with Crippen molar-refractivity contribution in [3.63, 3.8) is 0 Å². The highest BCUT2D eigenvalue weighted by atomic mass is 28.4. The lowest BCUT2D eigenvalue weighted by Crippen LogP contribution is -2.43. The SMILES string of the molecule is COc1cc(CCN=C=O)ccc1O[Si](C)(C)C(C)(C)C. The van der Waals surface area contributed by atoms with Gasteiger partial charge < -0.3 is 9.16 Å². The van der Waals surface area contributed by atoms with E-state index in [0.717, 1.165) is 17.1 Å². The predicted molar refractivity (Wildman–Crippen MR) is 87.5 cm³/mol. The summed E-state index contributed by atoms with van der Waals surface area (Å²) in [6, 6.07) is 5.88. The van der Waals surface area contributed by atoms with Gasteiger partial charge in [0.2, 0.25) is 6.08 Å². The zero-order chi connectivity index (χ0) is 16.1. The van der Waals surface area contributed by atoms with Crippen LogP contribution in [0.3, 0.4) is 0 Å². The van der Waals surface area contributed by atoms with Crippen molar-refractivity contribution in [1.29, 1.82) is 0 Å². The summed E-state index contributed by atoms with van der Waals surface area (Å²) in [5.74, 6) is 1.51. The summed E-state index contributed by atoms with van der Waals surface area (Å²) in [4.78, 5) is 13.7. The average molecular weight is 307 g/mol. The number of rotatable bonds is 6. The van der Waals surface area contributed by atoms with Crippen LogP contribution in [0, 0.1) is 0 Å². The predicted octanol–water partition coefficient (Wildman–Crippen LogP) is 3.96. The largest absolute Gasteiger partial charge is 0.541 e. The molecule has 5 heteroatoms. The van der Waals surface area contributed by atoms with Crippen molar-refractivity contribution < 1.29 is 14.0 Å². The molecule has 1 aromatic rings. The van der Waals surface area contributed by atoms with Gasteiger partial charge in [0.15, 0.2) is 5.75 Å². The molecule has 0 unspecified atom stereocenters. The summed E-state index contributed by atoms with van der Waals surface area (Å²) < 4.78 is 11.7. The van der Waals surface area contributed by atoms with E-state index in [9.17, 15) is 4.79 Å². The normalized spacial score (nSPS) is 11.7. The highest BCUT2D eigenvalue weighted by molar-refractivity contribution is 6.74. The number of nitrogens with zero attached hydrogens (tertiary/aromatic N) is 1. The van der Waals surface area contributed by atoms with E-state index in [4.69, 9.17) is 9.16 Å². The Balaban J connectivity index is 2.96. The summed E-state index contributed by atoms with van der Waals surface area (Å²) in [5, 5.41) is 0.134. The number of isocyanates is 1. The molecule has 0 aliphatic heterocycles. The smallest absolute Gasteiger partial charge is 0.250 e. The highest BCUT2D eigenvalue weighted by Crippen LogP contribution is 2.40. The molecule has 0 aromatic heterocycles. The van der Waals surface area contributed by atoms with Gasteiger partial charge in [0.25, 0.3) is 8.32 Å². The molecule has 0 saturated heterocycles. The molecular weight excluding hydrogens is 282 g/mol. The van der Waals surface area contributed by atoms with E-state index in [0.29, 0.717) is 13.0 Å². The zero-order valence-electron chi connectivity index (χ0n) is 13.8. The standard InChI is InChI=1S/C16H25NO3Si/c1-16(2,3)21(5,6)20-14-8-7-13(9-10-17-12-18)11-15(14)19-4/h7-8,11H,9-10H2,1-6H3. The topological polar surface area (TPSA) is 47.9 Å². The van der Waals surface area contributed by atoms with E-state index in [2.05, 4.69) is 38.9 Å². The summed E-state index contributed by atoms with van der Waals surface area (Å²) in [7, 11) is -0.252. The van der Waals surface area contributed by atoms with E-state index < -0.39 is 8.32 Å². The second-order valence-electron chi connectivity index (χ2n) is 6.57. The Hall–Kier alpha value is -1.58. The van der Waals surface area contributed by atoms with E-state index >= 15 is 0 Å². The number of hydrogen-bond acceptors (Lipinski definition) is 4. The van der Waals surface area contributed by atoms with Crippen molar-refractivity contribution >= 4 is 14.4 Å². The molecule has 0 radical (unpaired) electrons. The lowest BCUT2D eigenvalue weighted by Gasteiger charge is -2.36. The first kappa shape index (κ1) is 17.5. The van der Waals surface area contributed by atoms with Crippen molar-refractivity contribution in [2.45, 2.75) is 45.3 Å². The van der Waals surface area contributed by atoms with Crippen LogP contribution in [0.15, 0.2) is 23.2 Å². The van der Waals surface area contributed by atoms with Crippen molar-refractivity contribution in [3.05, 3.63) is 23.8 Å². The van der Waals surface area contributed by atoms with Gasteiger partial charge in [0.1, 0.15) is 5.75 Å². The van der Waals surface area contributed by atoms with Gasteiger partial charge in [-0.2, -0.15) is 0 Å². The minimum atomic E-state index is -1.89. The van der Waals surface area contributed by atoms with Crippen LogP contribution in [0.25, 0.3) is 0 Å². The molecule has 0 spiro atoms. The lowest BCUT2D eigenvalue weighted by atomic mass is 10.1. The van der Waals surface area contributed by atoms with Gasteiger partial charge in [-0.1, -0.05) is 26.8 Å². The van der Waals surface area contributed by atoms with Gasteiger partial charge in [-0.3, -0.25) is 0 Å². The van der Waals surface area contributed by atoms with Gasteiger partial charge in [-0.15, -0.1) is 0 Å². The Morgan fingerprint density at radius 3 is 2.43 bits per heavy atom. The summed E-state index contributed by atoms with van der Waals surface area (Å²) in [6.07, 6.45) is 2.24. The first-order valence-electron chi connectivity index (χ1n) is 7.11. The van der Waals surface area contributed by atoms with Gasteiger partial charge in [0, 0.05) is 0 Å². The number of methoxy groups -OCH3 is 1. The Bertz CT molecular complexity index is 529. The third-order valence-electron chi connectivity index (χ3n) is 3.98. The Kier molecular flexibility index (Phi) is 5.75. The van der Waals surface area contributed by atoms with Crippen molar-refractivity contribution in [1.82, 2.24) is 0 Å². The summed E-state index contributed by atoms with van der Waals surface area (Å²) in [5.41, 5.74) is 1.06. The van der Waals surface area contributed by atoms with Crippen molar-refractivity contribution in [2.24, 2.45) is 4.99 Å². The maximum Gasteiger partial charge on any atom is 0.250 e. The van der Waals surface area contributed by atoms with E-state index in [1.54, 1.807) is 13.2 Å². The van der Waals surface area contributed by atoms with Crippen LogP contribution < -0.4 is 9.16 Å². The second-order valence-corrected chi connectivity index (χ2v) is 11.3. The third kappa shape index (κ3) is 4.72. The van der Waals surface area contributed by atoms with Crippen LogP contribution in [0.4, 0.5) is 0 Å². The minimum absolute atomic E-state index is 0.134. The molecule has 0 atom stereocenters. The number of benzene rings is 1. The van der Waals surface area contributed by atoms with Crippen LogP contribution in [-0.4, -0.2) is 28.1 Å². The molecule has 21 heavy (non-hydrogen) atoms. The summed E-state index contributed by atoms with van der Waals surface area (Å²) in [6.45, 7) is 11.5. The van der Waals surface area contributed by atoms with E-state index in [-0.39, 0.29) is 5.04 Å². The average Bonchev–Trinajstić information content (AvgIpc) is 2.39. The molecule has 1 aromatic carbocycles. The highest BCUT2D eigenvalue weighted by Gasteiger charge is 2.39. The van der Waals surface area contributed by atoms with Crippen LogP contribution in [0.2, 0.25) is 18.1 Å².